The molecule has 0 aliphatic rings. The zero-order valence-electron chi connectivity index (χ0n) is 13.4. The molecule has 0 radical (unpaired) electrons. The molecular weight excluding hydrogens is 310 g/mol. The quantitative estimate of drug-likeness (QED) is 0.574. The van der Waals surface area contributed by atoms with Crippen LogP contribution >= 0.6 is 11.8 Å². The number of nitrogen functional groups attached to an aromatic ring is 2. The number of nitrogens with two attached hydrogens (primary N) is 2. The number of carbonyl (C=O) groups excluding carboxylic acids is 1. The van der Waals surface area contributed by atoms with Gasteiger partial charge in [0.05, 0.1) is 5.25 Å². The lowest BCUT2D eigenvalue weighted by molar-refractivity contribution is -0.115. The van der Waals surface area contributed by atoms with E-state index in [2.05, 4.69) is 29.1 Å². The van der Waals surface area contributed by atoms with Crippen LogP contribution in [0.15, 0.2) is 35.5 Å². The van der Waals surface area contributed by atoms with E-state index in [9.17, 15) is 4.79 Å². The van der Waals surface area contributed by atoms with Crippen molar-refractivity contribution in [2.75, 3.05) is 16.8 Å². The average molecular weight is 331 g/mol. The van der Waals surface area contributed by atoms with Crippen molar-refractivity contribution in [3.8, 4) is 0 Å². The SMILES string of the molecule is CC(Sc1nc(N)cc(N)n1)C(=O)Nc1ccc(C(C)C)cc1. The smallest absolute Gasteiger partial charge is 0.237 e. The average Bonchev–Trinajstić information content (AvgIpc) is 2.46. The number of benzene rings is 1. The van der Waals surface area contributed by atoms with Gasteiger partial charge in [0.1, 0.15) is 11.6 Å². The van der Waals surface area contributed by atoms with Crippen LogP contribution < -0.4 is 16.8 Å². The van der Waals surface area contributed by atoms with Gasteiger partial charge in [-0.15, -0.1) is 0 Å². The van der Waals surface area contributed by atoms with E-state index in [0.29, 0.717) is 11.1 Å². The fourth-order valence-corrected chi connectivity index (χ4v) is 2.72. The lowest BCUT2D eigenvalue weighted by Crippen LogP contribution is -2.22. The number of thioether (sulfide) groups is 1. The molecule has 6 nitrogen and oxygen atoms in total. The van der Waals surface area contributed by atoms with Crippen LogP contribution in [-0.4, -0.2) is 21.1 Å². The molecule has 1 aromatic carbocycles. The second-order valence-electron chi connectivity index (χ2n) is 5.53. The zero-order chi connectivity index (χ0) is 17.0. The van der Waals surface area contributed by atoms with Gasteiger partial charge in [0.2, 0.25) is 5.91 Å². The van der Waals surface area contributed by atoms with E-state index in [4.69, 9.17) is 11.5 Å². The summed E-state index contributed by atoms with van der Waals surface area (Å²) in [4.78, 5) is 20.4. The highest BCUT2D eigenvalue weighted by atomic mass is 32.2. The number of rotatable bonds is 5. The maximum absolute atomic E-state index is 12.3. The first-order chi connectivity index (χ1) is 10.8. The maximum Gasteiger partial charge on any atom is 0.237 e. The standard InChI is InChI=1S/C16H21N5OS/c1-9(2)11-4-6-12(7-5-11)19-15(22)10(3)23-16-20-13(17)8-14(18)21-16/h4-10H,1-3H3,(H,19,22)(H4,17,18,20,21). The van der Waals surface area contributed by atoms with Crippen LogP contribution in [0.25, 0.3) is 0 Å². The van der Waals surface area contributed by atoms with Gasteiger partial charge in [0.15, 0.2) is 5.16 Å². The van der Waals surface area contributed by atoms with Crippen molar-refractivity contribution in [2.45, 2.75) is 37.1 Å². The van der Waals surface area contributed by atoms with Crippen molar-refractivity contribution in [2.24, 2.45) is 0 Å². The van der Waals surface area contributed by atoms with Gasteiger partial charge < -0.3 is 16.8 Å². The molecular formula is C16H21N5OS. The molecule has 0 aliphatic carbocycles. The monoisotopic (exact) mass is 331 g/mol. The third-order valence-electron chi connectivity index (χ3n) is 3.24. The highest BCUT2D eigenvalue weighted by Crippen LogP contribution is 2.23. The number of nitrogens with one attached hydrogen (secondary N) is 1. The largest absolute Gasteiger partial charge is 0.383 e. The first kappa shape index (κ1) is 17.1. The molecule has 0 aliphatic heterocycles. The molecule has 1 heterocycles. The van der Waals surface area contributed by atoms with Crippen LogP contribution in [0.4, 0.5) is 17.3 Å². The molecule has 5 N–H and O–H groups in total. The summed E-state index contributed by atoms with van der Waals surface area (Å²) in [5.74, 6) is 0.908. The van der Waals surface area contributed by atoms with Crippen LogP contribution in [-0.2, 0) is 4.79 Å². The molecule has 1 amide bonds. The first-order valence-corrected chi connectivity index (χ1v) is 8.20. The summed E-state index contributed by atoms with van der Waals surface area (Å²) in [5, 5.41) is 2.89. The molecule has 0 fully saturated rings. The summed E-state index contributed by atoms with van der Waals surface area (Å²) in [5.41, 5.74) is 13.3. The van der Waals surface area contributed by atoms with E-state index in [1.54, 1.807) is 6.92 Å². The van der Waals surface area contributed by atoms with Crippen molar-refractivity contribution in [1.29, 1.82) is 0 Å². The molecule has 1 aromatic heterocycles. The molecule has 2 aromatic rings. The Morgan fingerprint density at radius 3 is 2.17 bits per heavy atom. The Hall–Kier alpha value is -2.28. The molecule has 23 heavy (non-hydrogen) atoms. The predicted octanol–water partition coefficient (Wildman–Crippen LogP) is 2.88. The third kappa shape index (κ3) is 4.85. The number of hydrogen-bond donors (Lipinski definition) is 3. The summed E-state index contributed by atoms with van der Waals surface area (Å²) in [6.07, 6.45) is 0. The molecule has 122 valence electrons. The van der Waals surface area contributed by atoms with Gasteiger partial charge in [-0.3, -0.25) is 4.79 Å². The first-order valence-electron chi connectivity index (χ1n) is 7.32. The summed E-state index contributed by atoms with van der Waals surface area (Å²) in [6, 6.07) is 9.31. The van der Waals surface area contributed by atoms with Gasteiger partial charge in [0.25, 0.3) is 0 Å². The van der Waals surface area contributed by atoms with Gasteiger partial charge in [-0.25, -0.2) is 9.97 Å². The van der Waals surface area contributed by atoms with Crippen molar-refractivity contribution in [3.63, 3.8) is 0 Å². The fraction of sp³-hybridized carbons (Fsp3) is 0.312. The van der Waals surface area contributed by atoms with Gasteiger partial charge in [-0.2, -0.15) is 0 Å². The Kier molecular flexibility index (Phi) is 5.44. The van der Waals surface area contributed by atoms with Gasteiger partial charge in [-0.05, 0) is 30.5 Å². The zero-order valence-corrected chi connectivity index (χ0v) is 14.2. The van der Waals surface area contributed by atoms with Crippen LogP contribution in [0.2, 0.25) is 0 Å². The minimum atomic E-state index is -0.374. The summed E-state index contributed by atoms with van der Waals surface area (Å²) in [7, 11) is 0. The summed E-state index contributed by atoms with van der Waals surface area (Å²) in [6.45, 7) is 6.04. The van der Waals surface area contributed by atoms with Crippen LogP contribution in [0, 0.1) is 0 Å². The molecule has 2 rings (SSSR count). The molecule has 1 atom stereocenters. The van der Waals surface area contributed by atoms with E-state index in [1.165, 1.54) is 23.4 Å². The summed E-state index contributed by atoms with van der Waals surface area (Å²) >= 11 is 1.21. The van der Waals surface area contributed by atoms with E-state index in [0.717, 1.165) is 5.69 Å². The second kappa shape index (κ2) is 7.32. The lowest BCUT2D eigenvalue weighted by atomic mass is 10.0. The minimum absolute atomic E-state index is 0.128. The Morgan fingerprint density at radius 2 is 1.65 bits per heavy atom. The Balaban J connectivity index is 1.99. The van der Waals surface area contributed by atoms with Crippen molar-refractivity contribution >= 4 is 35.0 Å². The van der Waals surface area contributed by atoms with E-state index in [1.807, 2.05) is 24.3 Å². The summed E-state index contributed by atoms with van der Waals surface area (Å²) < 4.78 is 0. The molecule has 7 heteroatoms. The van der Waals surface area contributed by atoms with E-state index >= 15 is 0 Å². The fourth-order valence-electron chi connectivity index (χ4n) is 1.92. The van der Waals surface area contributed by atoms with Crippen LogP contribution in [0.1, 0.15) is 32.3 Å². The van der Waals surface area contributed by atoms with Crippen molar-refractivity contribution < 1.29 is 4.79 Å². The topological polar surface area (TPSA) is 107 Å². The third-order valence-corrected chi connectivity index (χ3v) is 4.20. The van der Waals surface area contributed by atoms with E-state index in [-0.39, 0.29) is 22.8 Å². The number of nitrogens with zero attached hydrogens (tertiary/aromatic N) is 2. The Morgan fingerprint density at radius 1 is 1.09 bits per heavy atom. The highest BCUT2D eigenvalue weighted by Gasteiger charge is 2.17. The van der Waals surface area contributed by atoms with Crippen molar-refractivity contribution in [1.82, 2.24) is 9.97 Å². The Labute approximate surface area is 140 Å². The maximum atomic E-state index is 12.3. The molecule has 0 spiro atoms. The number of anilines is 3. The normalized spacial score (nSPS) is 12.2. The van der Waals surface area contributed by atoms with E-state index < -0.39 is 0 Å². The van der Waals surface area contributed by atoms with Gasteiger partial charge >= 0.3 is 0 Å². The molecule has 0 saturated carbocycles. The van der Waals surface area contributed by atoms with Crippen molar-refractivity contribution in [3.05, 3.63) is 35.9 Å². The Bertz CT molecular complexity index is 667. The number of hydrogen-bond acceptors (Lipinski definition) is 6. The highest BCUT2D eigenvalue weighted by molar-refractivity contribution is 8.00. The van der Waals surface area contributed by atoms with Gasteiger partial charge in [-0.1, -0.05) is 37.7 Å². The molecule has 0 saturated heterocycles. The number of carbonyl (C=O) groups is 1. The van der Waals surface area contributed by atoms with Crippen LogP contribution in [0.3, 0.4) is 0 Å². The number of aromatic nitrogens is 2. The van der Waals surface area contributed by atoms with Crippen LogP contribution in [0.5, 0.6) is 0 Å². The molecule has 0 bridgehead atoms. The minimum Gasteiger partial charge on any atom is -0.383 e. The second-order valence-corrected chi connectivity index (χ2v) is 6.83. The van der Waals surface area contributed by atoms with Gasteiger partial charge in [0, 0.05) is 11.8 Å². The molecule has 1 unspecified atom stereocenters. The predicted molar refractivity (Wildman–Crippen MR) is 95.3 cm³/mol. The number of amides is 1. The lowest BCUT2D eigenvalue weighted by Gasteiger charge is -2.12.